The molecule has 3 rings (SSSR count). The second-order valence-electron chi connectivity index (χ2n) is 5.70. The molecule has 2 atom stereocenters. The third kappa shape index (κ3) is 2.39. The third-order valence-electron chi connectivity index (χ3n) is 4.35. The van der Waals surface area contributed by atoms with Crippen LogP contribution in [-0.4, -0.2) is 73.2 Å². The van der Waals surface area contributed by atoms with Gasteiger partial charge in [0.15, 0.2) is 0 Å². The quantitative estimate of drug-likeness (QED) is 0.732. The summed E-state index contributed by atoms with van der Waals surface area (Å²) in [5.41, 5.74) is 0. The van der Waals surface area contributed by atoms with Crippen LogP contribution < -0.4 is 5.32 Å². The van der Waals surface area contributed by atoms with Crippen molar-refractivity contribution in [2.75, 3.05) is 39.3 Å². The van der Waals surface area contributed by atoms with Crippen LogP contribution in [0.3, 0.4) is 0 Å². The minimum absolute atomic E-state index is 0.163. The first-order valence-corrected chi connectivity index (χ1v) is 7.13. The van der Waals surface area contributed by atoms with E-state index in [0.717, 1.165) is 52.1 Å². The molecular weight excluding hydrogens is 230 g/mol. The van der Waals surface area contributed by atoms with Crippen LogP contribution in [0.5, 0.6) is 0 Å². The lowest BCUT2D eigenvalue weighted by Gasteiger charge is -2.47. The van der Waals surface area contributed by atoms with E-state index in [1.807, 2.05) is 11.8 Å². The Morgan fingerprint density at radius 3 is 2.56 bits per heavy atom. The Hall–Kier alpha value is -0.650. The van der Waals surface area contributed by atoms with Crippen LogP contribution in [-0.2, 0) is 9.53 Å². The van der Waals surface area contributed by atoms with E-state index >= 15 is 0 Å². The second-order valence-corrected chi connectivity index (χ2v) is 5.70. The molecule has 5 heteroatoms. The number of rotatable bonds is 2. The minimum Gasteiger partial charge on any atom is -0.365 e. The highest BCUT2D eigenvalue weighted by Crippen LogP contribution is 2.24. The zero-order valence-electron chi connectivity index (χ0n) is 11.1. The molecule has 2 unspecified atom stereocenters. The predicted molar refractivity (Wildman–Crippen MR) is 68.4 cm³/mol. The van der Waals surface area contributed by atoms with E-state index < -0.39 is 0 Å². The van der Waals surface area contributed by atoms with Crippen molar-refractivity contribution in [3.05, 3.63) is 0 Å². The van der Waals surface area contributed by atoms with Crippen molar-refractivity contribution in [1.82, 2.24) is 15.1 Å². The molecule has 0 aromatic rings. The topological polar surface area (TPSA) is 44.8 Å². The Balaban J connectivity index is 1.45. The summed E-state index contributed by atoms with van der Waals surface area (Å²) in [7, 11) is 0. The smallest absolute Gasteiger partial charge is 0.251 e. The third-order valence-corrected chi connectivity index (χ3v) is 4.35. The summed E-state index contributed by atoms with van der Waals surface area (Å²) in [6.07, 6.45) is 2.01. The highest BCUT2D eigenvalue weighted by molar-refractivity contribution is 5.82. The molecule has 0 spiro atoms. The zero-order chi connectivity index (χ0) is 12.5. The summed E-state index contributed by atoms with van der Waals surface area (Å²) in [4.78, 5) is 16.6. The molecule has 3 aliphatic rings. The summed E-state index contributed by atoms with van der Waals surface area (Å²) in [5.74, 6) is 0.214. The summed E-state index contributed by atoms with van der Waals surface area (Å²) in [6.45, 7) is 8.22. The number of nitrogens with one attached hydrogen (secondary N) is 1. The number of hydrogen-bond acceptors (Lipinski definition) is 4. The molecular formula is C13H23N3O2. The molecule has 0 radical (unpaired) electrons. The SMILES string of the molecule is CC1CCC(C(=O)N2CC(N3CCNCC3)C2)O1. The van der Waals surface area contributed by atoms with Gasteiger partial charge in [0.25, 0.3) is 5.91 Å². The van der Waals surface area contributed by atoms with E-state index in [0.29, 0.717) is 6.04 Å². The lowest BCUT2D eigenvalue weighted by atomic mass is 10.0. The fraction of sp³-hybridized carbons (Fsp3) is 0.923. The molecule has 0 aromatic heterocycles. The number of carbonyl (C=O) groups is 1. The first-order valence-electron chi connectivity index (χ1n) is 7.13. The van der Waals surface area contributed by atoms with Crippen LogP contribution in [0.15, 0.2) is 0 Å². The summed E-state index contributed by atoms with van der Waals surface area (Å²) in [5, 5.41) is 3.36. The number of likely N-dealkylation sites (tertiary alicyclic amines) is 1. The maximum absolute atomic E-state index is 12.2. The molecule has 3 fully saturated rings. The molecule has 3 saturated heterocycles. The Morgan fingerprint density at radius 2 is 1.94 bits per heavy atom. The van der Waals surface area contributed by atoms with Gasteiger partial charge < -0.3 is 15.0 Å². The average Bonchev–Trinajstić information content (AvgIpc) is 2.75. The van der Waals surface area contributed by atoms with Crippen LogP contribution in [0, 0.1) is 0 Å². The van der Waals surface area contributed by atoms with Gasteiger partial charge in [-0.3, -0.25) is 9.69 Å². The lowest BCUT2D eigenvalue weighted by Crippen LogP contribution is -2.65. The van der Waals surface area contributed by atoms with Crippen LogP contribution in [0.25, 0.3) is 0 Å². The molecule has 0 bridgehead atoms. The predicted octanol–water partition coefficient (Wildman–Crippen LogP) is -0.330. The molecule has 1 N–H and O–H groups in total. The normalized spacial score (nSPS) is 34.6. The van der Waals surface area contributed by atoms with E-state index in [9.17, 15) is 4.79 Å². The summed E-state index contributed by atoms with van der Waals surface area (Å²) in [6, 6.07) is 0.579. The Kier molecular flexibility index (Phi) is 3.54. The first kappa shape index (κ1) is 12.4. The summed E-state index contributed by atoms with van der Waals surface area (Å²) >= 11 is 0. The molecule has 3 heterocycles. The first-order chi connectivity index (χ1) is 8.74. The Morgan fingerprint density at radius 1 is 1.22 bits per heavy atom. The molecule has 102 valence electrons. The van der Waals surface area contributed by atoms with E-state index in [-0.39, 0.29) is 18.1 Å². The van der Waals surface area contributed by atoms with Crippen molar-refractivity contribution in [1.29, 1.82) is 0 Å². The molecule has 0 saturated carbocycles. The molecule has 5 nitrogen and oxygen atoms in total. The Labute approximate surface area is 108 Å². The summed E-state index contributed by atoms with van der Waals surface area (Å²) < 4.78 is 5.65. The number of hydrogen-bond donors (Lipinski definition) is 1. The highest BCUT2D eigenvalue weighted by atomic mass is 16.5. The van der Waals surface area contributed by atoms with Crippen molar-refractivity contribution in [3.63, 3.8) is 0 Å². The van der Waals surface area contributed by atoms with Gasteiger partial charge in [-0.05, 0) is 19.8 Å². The monoisotopic (exact) mass is 253 g/mol. The molecule has 3 aliphatic heterocycles. The van der Waals surface area contributed by atoms with Gasteiger partial charge in [0.1, 0.15) is 6.10 Å². The van der Waals surface area contributed by atoms with E-state index in [1.165, 1.54) is 0 Å². The van der Waals surface area contributed by atoms with Gasteiger partial charge in [0.05, 0.1) is 6.10 Å². The van der Waals surface area contributed by atoms with Crippen molar-refractivity contribution in [3.8, 4) is 0 Å². The van der Waals surface area contributed by atoms with Gasteiger partial charge in [-0.1, -0.05) is 0 Å². The Bertz CT molecular complexity index is 311. The number of piperazine rings is 1. The van der Waals surface area contributed by atoms with Crippen molar-refractivity contribution < 1.29 is 9.53 Å². The van der Waals surface area contributed by atoms with Crippen LogP contribution in [0.2, 0.25) is 0 Å². The molecule has 0 aromatic carbocycles. The minimum atomic E-state index is -0.163. The van der Waals surface area contributed by atoms with E-state index in [2.05, 4.69) is 10.2 Å². The van der Waals surface area contributed by atoms with E-state index in [4.69, 9.17) is 4.74 Å². The molecule has 18 heavy (non-hydrogen) atoms. The number of ether oxygens (including phenoxy) is 1. The largest absolute Gasteiger partial charge is 0.365 e. The number of amides is 1. The van der Waals surface area contributed by atoms with Gasteiger partial charge in [0, 0.05) is 45.3 Å². The van der Waals surface area contributed by atoms with Crippen LogP contribution in [0.1, 0.15) is 19.8 Å². The average molecular weight is 253 g/mol. The van der Waals surface area contributed by atoms with Crippen molar-refractivity contribution >= 4 is 5.91 Å². The highest BCUT2D eigenvalue weighted by Gasteiger charge is 2.39. The second kappa shape index (κ2) is 5.15. The van der Waals surface area contributed by atoms with Gasteiger partial charge >= 0.3 is 0 Å². The maximum Gasteiger partial charge on any atom is 0.251 e. The number of carbonyl (C=O) groups excluding carboxylic acids is 1. The van der Waals surface area contributed by atoms with Gasteiger partial charge in [-0.2, -0.15) is 0 Å². The maximum atomic E-state index is 12.2. The van der Waals surface area contributed by atoms with Crippen molar-refractivity contribution in [2.24, 2.45) is 0 Å². The molecule has 0 aliphatic carbocycles. The fourth-order valence-corrected chi connectivity index (χ4v) is 3.10. The van der Waals surface area contributed by atoms with Crippen molar-refractivity contribution in [2.45, 2.75) is 38.0 Å². The van der Waals surface area contributed by atoms with Crippen LogP contribution >= 0.6 is 0 Å². The fourth-order valence-electron chi connectivity index (χ4n) is 3.10. The van der Waals surface area contributed by atoms with Gasteiger partial charge in [0.2, 0.25) is 0 Å². The molecule has 1 amide bonds. The standard InChI is InChI=1S/C13H23N3O2/c1-10-2-3-12(18-10)13(17)16-8-11(9-16)15-6-4-14-5-7-15/h10-12,14H,2-9H2,1H3. The number of nitrogens with zero attached hydrogens (tertiary/aromatic N) is 2. The van der Waals surface area contributed by atoms with Gasteiger partial charge in [-0.15, -0.1) is 0 Å². The van der Waals surface area contributed by atoms with Gasteiger partial charge in [-0.25, -0.2) is 0 Å². The zero-order valence-corrected chi connectivity index (χ0v) is 11.1. The lowest BCUT2D eigenvalue weighted by molar-refractivity contribution is -0.150. The van der Waals surface area contributed by atoms with Crippen LogP contribution in [0.4, 0.5) is 0 Å². The van der Waals surface area contributed by atoms with E-state index in [1.54, 1.807) is 0 Å².